The summed E-state index contributed by atoms with van der Waals surface area (Å²) in [5.41, 5.74) is 2.78. The number of aryl methyl sites for hydroxylation is 1. The van der Waals surface area contributed by atoms with Gasteiger partial charge in [0, 0.05) is 22.6 Å². The SMILES string of the molecule is Cc1ccc(Oc2ccc(Cl)cc2NC(=O)c2cnc3c(cnn3C(C)C)c2)cc1. The summed E-state index contributed by atoms with van der Waals surface area (Å²) in [6.45, 7) is 6.07. The summed E-state index contributed by atoms with van der Waals surface area (Å²) in [5, 5.41) is 8.52. The first-order chi connectivity index (χ1) is 14.4. The lowest BCUT2D eigenvalue weighted by Gasteiger charge is -2.13. The zero-order valence-electron chi connectivity index (χ0n) is 16.9. The topological polar surface area (TPSA) is 69.0 Å². The number of benzene rings is 2. The monoisotopic (exact) mass is 420 g/mol. The van der Waals surface area contributed by atoms with Crippen LogP contribution < -0.4 is 10.1 Å². The lowest BCUT2D eigenvalue weighted by Crippen LogP contribution is -2.13. The number of nitrogens with zero attached hydrogens (tertiary/aromatic N) is 3. The average Bonchev–Trinajstić information content (AvgIpc) is 3.15. The Morgan fingerprint density at radius 1 is 1.10 bits per heavy atom. The van der Waals surface area contributed by atoms with Gasteiger partial charge in [0.05, 0.1) is 17.4 Å². The third-order valence-electron chi connectivity index (χ3n) is 4.62. The number of carbonyl (C=O) groups excluding carboxylic acids is 1. The molecule has 2 aromatic carbocycles. The van der Waals surface area contributed by atoms with E-state index in [1.807, 2.05) is 49.7 Å². The standard InChI is InChI=1S/C23H21ClN4O2/c1-14(2)28-22-16(13-26-28)10-17(12-25-22)23(29)27-20-11-18(24)6-9-21(20)30-19-7-4-15(3)5-8-19/h4-14H,1-3H3,(H,27,29). The fraction of sp³-hybridized carbons (Fsp3) is 0.174. The van der Waals surface area contributed by atoms with E-state index in [-0.39, 0.29) is 11.9 Å². The predicted octanol–water partition coefficient (Wildman–Crippen LogP) is 6.02. The highest BCUT2D eigenvalue weighted by Gasteiger charge is 2.15. The number of halogens is 1. The smallest absolute Gasteiger partial charge is 0.257 e. The molecule has 152 valence electrons. The van der Waals surface area contributed by atoms with Gasteiger partial charge in [0.1, 0.15) is 5.75 Å². The van der Waals surface area contributed by atoms with Crippen LogP contribution in [0.15, 0.2) is 60.9 Å². The van der Waals surface area contributed by atoms with Crippen LogP contribution in [-0.4, -0.2) is 20.7 Å². The zero-order valence-corrected chi connectivity index (χ0v) is 17.6. The molecule has 2 aromatic heterocycles. The van der Waals surface area contributed by atoms with E-state index in [4.69, 9.17) is 16.3 Å². The third-order valence-corrected chi connectivity index (χ3v) is 4.86. The molecule has 0 aliphatic rings. The van der Waals surface area contributed by atoms with E-state index in [2.05, 4.69) is 15.4 Å². The molecule has 1 N–H and O–H groups in total. The molecule has 6 nitrogen and oxygen atoms in total. The Morgan fingerprint density at radius 2 is 1.87 bits per heavy atom. The molecule has 0 atom stereocenters. The molecule has 0 aliphatic carbocycles. The minimum Gasteiger partial charge on any atom is -0.455 e. The van der Waals surface area contributed by atoms with Crippen LogP contribution in [0.3, 0.4) is 0 Å². The van der Waals surface area contributed by atoms with Crippen LogP contribution >= 0.6 is 11.6 Å². The summed E-state index contributed by atoms with van der Waals surface area (Å²) in [5.74, 6) is 0.860. The van der Waals surface area contributed by atoms with Gasteiger partial charge in [-0.2, -0.15) is 5.10 Å². The first kappa shape index (κ1) is 19.9. The van der Waals surface area contributed by atoms with Gasteiger partial charge in [0.15, 0.2) is 11.4 Å². The van der Waals surface area contributed by atoms with Gasteiger partial charge in [-0.15, -0.1) is 0 Å². The molecule has 0 unspecified atom stereocenters. The summed E-state index contributed by atoms with van der Waals surface area (Å²) in [6, 6.07) is 14.7. The number of fused-ring (bicyclic) bond motifs is 1. The number of anilines is 1. The van der Waals surface area contributed by atoms with E-state index in [1.165, 1.54) is 0 Å². The lowest BCUT2D eigenvalue weighted by molar-refractivity contribution is 0.102. The van der Waals surface area contributed by atoms with Crippen LogP contribution in [0, 0.1) is 6.92 Å². The fourth-order valence-electron chi connectivity index (χ4n) is 3.06. The third kappa shape index (κ3) is 4.14. The summed E-state index contributed by atoms with van der Waals surface area (Å²) in [6.07, 6.45) is 3.26. The average molecular weight is 421 g/mol. The fourth-order valence-corrected chi connectivity index (χ4v) is 3.23. The molecule has 0 radical (unpaired) electrons. The van der Waals surface area contributed by atoms with E-state index in [0.29, 0.717) is 27.8 Å². The van der Waals surface area contributed by atoms with Gasteiger partial charge < -0.3 is 10.1 Å². The number of ether oxygens (including phenoxy) is 1. The molecule has 0 saturated carbocycles. The summed E-state index contributed by atoms with van der Waals surface area (Å²) >= 11 is 6.15. The van der Waals surface area contributed by atoms with Crippen LogP contribution in [0.25, 0.3) is 11.0 Å². The molecule has 0 bridgehead atoms. The number of rotatable bonds is 5. The summed E-state index contributed by atoms with van der Waals surface area (Å²) < 4.78 is 7.77. The van der Waals surface area contributed by atoms with Crippen molar-refractivity contribution < 1.29 is 9.53 Å². The number of pyridine rings is 1. The largest absolute Gasteiger partial charge is 0.455 e. The van der Waals surface area contributed by atoms with Gasteiger partial charge >= 0.3 is 0 Å². The number of amides is 1. The van der Waals surface area contributed by atoms with Crippen LogP contribution in [0.1, 0.15) is 35.8 Å². The van der Waals surface area contributed by atoms with Crippen LogP contribution in [0.4, 0.5) is 5.69 Å². The molecule has 2 heterocycles. The zero-order chi connectivity index (χ0) is 21.3. The number of hydrogen-bond donors (Lipinski definition) is 1. The molecule has 30 heavy (non-hydrogen) atoms. The normalized spacial score (nSPS) is 11.1. The van der Waals surface area contributed by atoms with E-state index in [9.17, 15) is 4.79 Å². The number of aromatic nitrogens is 3. The van der Waals surface area contributed by atoms with Gasteiger partial charge in [0.25, 0.3) is 5.91 Å². The van der Waals surface area contributed by atoms with Crippen molar-refractivity contribution in [3.63, 3.8) is 0 Å². The van der Waals surface area contributed by atoms with Crippen molar-refractivity contribution in [2.75, 3.05) is 5.32 Å². The Balaban J connectivity index is 1.60. The van der Waals surface area contributed by atoms with Crippen LogP contribution in [-0.2, 0) is 0 Å². The van der Waals surface area contributed by atoms with E-state index >= 15 is 0 Å². The van der Waals surface area contributed by atoms with Gasteiger partial charge in [-0.05, 0) is 57.2 Å². The highest BCUT2D eigenvalue weighted by atomic mass is 35.5. The summed E-state index contributed by atoms with van der Waals surface area (Å²) in [4.78, 5) is 17.3. The Hall–Kier alpha value is -3.38. The second-order valence-electron chi connectivity index (χ2n) is 7.33. The second-order valence-corrected chi connectivity index (χ2v) is 7.77. The first-order valence-corrected chi connectivity index (χ1v) is 9.97. The molecule has 1 amide bonds. The quantitative estimate of drug-likeness (QED) is 0.428. The van der Waals surface area contributed by atoms with Crippen molar-refractivity contribution in [3.8, 4) is 11.5 Å². The highest BCUT2D eigenvalue weighted by molar-refractivity contribution is 6.31. The number of hydrogen-bond acceptors (Lipinski definition) is 4. The second kappa shape index (κ2) is 8.16. The van der Waals surface area contributed by atoms with Crippen molar-refractivity contribution in [1.29, 1.82) is 0 Å². The maximum Gasteiger partial charge on any atom is 0.257 e. The van der Waals surface area contributed by atoms with E-state index < -0.39 is 0 Å². The maximum atomic E-state index is 12.9. The van der Waals surface area contributed by atoms with Crippen LogP contribution in [0.5, 0.6) is 11.5 Å². The molecule has 0 saturated heterocycles. The predicted molar refractivity (Wildman–Crippen MR) is 119 cm³/mol. The Morgan fingerprint density at radius 3 is 2.60 bits per heavy atom. The van der Waals surface area contributed by atoms with Gasteiger partial charge in [-0.1, -0.05) is 29.3 Å². The first-order valence-electron chi connectivity index (χ1n) is 9.59. The van der Waals surface area contributed by atoms with Gasteiger partial charge in [-0.25, -0.2) is 9.67 Å². The van der Waals surface area contributed by atoms with E-state index in [1.54, 1.807) is 36.7 Å². The minimum atomic E-state index is -0.308. The maximum absolute atomic E-state index is 12.9. The Bertz CT molecular complexity index is 1220. The molecule has 4 rings (SSSR count). The lowest BCUT2D eigenvalue weighted by atomic mass is 10.2. The van der Waals surface area contributed by atoms with Gasteiger partial charge in [0.2, 0.25) is 0 Å². The van der Waals surface area contributed by atoms with Crippen molar-refractivity contribution in [3.05, 3.63) is 77.1 Å². The van der Waals surface area contributed by atoms with Gasteiger partial charge in [-0.3, -0.25) is 4.79 Å². The molecule has 0 spiro atoms. The molecule has 0 aliphatic heterocycles. The van der Waals surface area contributed by atoms with Crippen molar-refractivity contribution in [2.45, 2.75) is 26.8 Å². The Labute approximate surface area is 179 Å². The van der Waals surface area contributed by atoms with Crippen LogP contribution in [0.2, 0.25) is 5.02 Å². The highest BCUT2D eigenvalue weighted by Crippen LogP contribution is 2.32. The van der Waals surface area contributed by atoms with Crippen molar-refractivity contribution in [1.82, 2.24) is 14.8 Å². The molecule has 4 aromatic rings. The number of carbonyl (C=O) groups is 1. The van der Waals surface area contributed by atoms with Crippen molar-refractivity contribution in [2.24, 2.45) is 0 Å². The molecule has 0 fully saturated rings. The van der Waals surface area contributed by atoms with Crippen molar-refractivity contribution >= 4 is 34.2 Å². The number of nitrogens with one attached hydrogen (secondary N) is 1. The minimum absolute atomic E-state index is 0.183. The molecular formula is C23H21ClN4O2. The summed E-state index contributed by atoms with van der Waals surface area (Å²) in [7, 11) is 0. The Kier molecular flexibility index (Phi) is 5.42. The van der Waals surface area contributed by atoms with E-state index in [0.717, 1.165) is 16.6 Å². The molecular weight excluding hydrogens is 400 g/mol. The molecule has 7 heteroatoms.